The minimum Gasteiger partial charge on any atom is -0.378 e. The highest BCUT2D eigenvalue weighted by atomic mass is 32.2. The average molecular weight is 297 g/mol. The molecule has 0 bridgehead atoms. The monoisotopic (exact) mass is 297 g/mol. The van der Waals surface area contributed by atoms with Crippen LogP contribution in [-0.2, 0) is 10.0 Å². The van der Waals surface area contributed by atoms with E-state index in [-0.39, 0.29) is 17.0 Å². The Hall–Kier alpha value is -1.11. The van der Waals surface area contributed by atoms with E-state index in [1.165, 1.54) is 0 Å². The van der Waals surface area contributed by atoms with Gasteiger partial charge in [-0.3, -0.25) is 0 Å². The Morgan fingerprint density at radius 3 is 2.45 bits per heavy atom. The van der Waals surface area contributed by atoms with Crippen LogP contribution in [0.4, 0.5) is 5.69 Å². The molecule has 0 saturated heterocycles. The van der Waals surface area contributed by atoms with Crippen molar-refractivity contribution in [3.05, 3.63) is 24.3 Å². The van der Waals surface area contributed by atoms with Gasteiger partial charge in [0.1, 0.15) is 4.90 Å². The highest BCUT2D eigenvalue weighted by Crippen LogP contribution is 2.28. The average Bonchev–Trinajstić information content (AvgIpc) is 3.12. The van der Waals surface area contributed by atoms with E-state index in [1.54, 1.807) is 18.2 Å². The van der Waals surface area contributed by atoms with Crippen molar-refractivity contribution < 1.29 is 8.42 Å². The van der Waals surface area contributed by atoms with Gasteiger partial charge in [-0.2, -0.15) is 0 Å². The molecular weight excluding hydrogens is 274 g/mol. The lowest BCUT2D eigenvalue weighted by molar-refractivity contribution is 0.469. The number of hydrogen-bond donors (Lipinski definition) is 3. The Morgan fingerprint density at radius 1 is 1.30 bits per heavy atom. The summed E-state index contributed by atoms with van der Waals surface area (Å²) in [5.41, 5.74) is 6.13. The zero-order valence-corrected chi connectivity index (χ0v) is 13.0. The number of para-hydroxylation sites is 1. The fourth-order valence-electron chi connectivity index (χ4n) is 1.75. The van der Waals surface area contributed by atoms with E-state index in [0.29, 0.717) is 5.69 Å². The van der Waals surface area contributed by atoms with E-state index in [0.717, 1.165) is 12.8 Å². The molecule has 5 nitrogen and oxygen atoms in total. The molecule has 1 fully saturated rings. The van der Waals surface area contributed by atoms with Gasteiger partial charge in [0, 0.05) is 17.6 Å². The predicted molar refractivity (Wildman–Crippen MR) is 81.1 cm³/mol. The van der Waals surface area contributed by atoms with Crippen molar-refractivity contribution in [3.63, 3.8) is 0 Å². The van der Waals surface area contributed by atoms with E-state index >= 15 is 0 Å². The van der Waals surface area contributed by atoms with Crippen LogP contribution in [-0.4, -0.2) is 26.0 Å². The molecule has 1 aromatic carbocycles. The predicted octanol–water partition coefficient (Wildman–Crippen LogP) is 1.66. The Balaban J connectivity index is 2.30. The smallest absolute Gasteiger partial charge is 0.242 e. The van der Waals surface area contributed by atoms with Crippen LogP contribution in [0.1, 0.15) is 33.6 Å². The molecule has 1 saturated carbocycles. The van der Waals surface area contributed by atoms with Gasteiger partial charge >= 0.3 is 0 Å². The van der Waals surface area contributed by atoms with E-state index in [9.17, 15) is 8.42 Å². The summed E-state index contributed by atoms with van der Waals surface area (Å²) in [5.74, 6) is 0. The molecule has 4 N–H and O–H groups in total. The number of nitrogens with one attached hydrogen (secondary N) is 2. The molecule has 0 heterocycles. The van der Waals surface area contributed by atoms with Crippen molar-refractivity contribution >= 4 is 15.7 Å². The molecule has 0 amide bonds. The van der Waals surface area contributed by atoms with Crippen LogP contribution in [0.15, 0.2) is 29.2 Å². The molecule has 1 aliphatic rings. The third-order valence-electron chi connectivity index (χ3n) is 3.67. The van der Waals surface area contributed by atoms with Crippen LogP contribution in [0.5, 0.6) is 0 Å². The fourth-order valence-corrected chi connectivity index (χ4v) is 3.22. The Labute approximate surface area is 121 Å². The number of benzene rings is 1. The molecule has 0 aliphatic heterocycles. The Bertz CT molecular complexity index is 578. The Kier molecular flexibility index (Phi) is 4.09. The molecule has 1 aromatic rings. The zero-order chi connectivity index (χ0) is 15.0. The third kappa shape index (κ3) is 3.50. The molecule has 0 radical (unpaired) electrons. The highest BCUT2D eigenvalue weighted by molar-refractivity contribution is 7.89. The van der Waals surface area contributed by atoms with Gasteiger partial charge < -0.3 is 11.1 Å². The van der Waals surface area contributed by atoms with Gasteiger partial charge in [0.15, 0.2) is 0 Å². The van der Waals surface area contributed by atoms with Crippen molar-refractivity contribution in [2.75, 3.05) is 5.32 Å². The quantitative estimate of drug-likeness (QED) is 0.745. The van der Waals surface area contributed by atoms with Crippen molar-refractivity contribution in [2.24, 2.45) is 5.73 Å². The second-order valence-electron chi connectivity index (χ2n) is 6.03. The molecular formula is C14H23N3O2S. The second-order valence-corrected chi connectivity index (χ2v) is 7.71. The number of sulfonamides is 1. The molecule has 1 aliphatic carbocycles. The van der Waals surface area contributed by atoms with Crippen LogP contribution in [0.3, 0.4) is 0 Å². The first-order valence-electron chi connectivity index (χ1n) is 6.87. The molecule has 0 spiro atoms. The lowest BCUT2D eigenvalue weighted by Crippen LogP contribution is -2.47. The van der Waals surface area contributed by atoms with Crippen molar-refractivity contribution in [3.8, 4) is 0 Å². The number of nitrogens with two attached hydrogens (primary N) is 1. The lowest BCUT2D eigenvalue weighted by atomic mass is 9.96. The van der Waals surface area contributed by atoms with E-state index in [1.807, 2.05) is 26.8 Å². The zero-order valence-electron chi connectivity index (χ0n) is 12.2. The van der Waals surface area contributed by atoms with Crippen molar-refractivity contribution in [2.45, 2.75) is 56.1 Å². The Morgan fingerprint density at radius 2 is 1.90 bits per heavy atom. The van der Waals surface area contributed by atoms with Gasteiger partial charge in [-0.25, -0.2) is 13.1 Å². The maximum absolute atomic E-state index is 12.4. The van der Waals surface area contributed by atoms with Crippen LogP contribution in [0.2, 0.25) is 0 Å². The van der Waals surface area contributed by atoms with Crippen LogP contribution in [0.25, 0.3) is 0 Å². The summed E-state index contributed by atoms with van der Waals surface area (Å²) in [5, 5.41) is 3.24. The standard InChI is InChI=1S/C14H23N3O2S/c1-10(15)14(2,3)16-12-6-4-5-7-13(12)20(18,19)17-11-8-9-11/h4-7,10-11,16-17H,8-9,15H2,1-3H3. The molecule has 2 rings (SSSR count). The maximum atomic E-state index is 12.4. The first kappa shape index (κ1) is 15.3. The second kappa shape index (κ2) is 5.35. The van der Waals surface area contributed by atoms with Crippen molar-refractivity contribution in [1.29, 1.82) is 0 Å². The maximum Gasteiger partial charge on any atom is 0.242 e. The van der Waals surface area contributed by atoms with Crippen LogP contribution < -0.4 is 15.8 Å². The van der Waals surface area contributed by atoms with Gasteiger partial charge in [-0.05, 0) is 45.7 Å². The van der Waals surface area contributed by atoms with Gasteiger partial charge in [0.2, 0.25) is 10.0 Å². The summed E-state index contributed by atoms with van der Waals surface area (Å²) in [6.07, 6.45) is 1.83. The topological polar surface area (TPSA) is 84.2 Å². The van der Waals surface area contributed by atoms with Gasteiger partial charge in [0.05, 0.1) is 5.69 Å². The number of anilines is 1. The van der Waals surface area contributed by atoms with Gasteiger partial charge in [0.25, 0.3) is 0 Å². The number of rotatable bonds is 6. The molecule has 1 atom stereocenters. The van der Waals surface area contributed by atoms with Crippen LogP contribution >= 0.6 is 0 Å². The number of hydrogen-bond acceptors (Lipinski definition) is 4. The van der Waals surface area contributed by atoms with Gasteiger partial charge in [-0.15, -0.1) is 0 Å². The van der Waals surface area contributed by atoms with E-state index in [4.69, 9.17) is 5.73 Å². The lowest BCUT2D eigenvalue weighted by Gasteiger charge is -2.32. The molecule has 112 valence electrons. The molecule has 1 unspecified atom stereocenters. The summed E-state index contributed by atoms with van der Waals surface area (Å²) in [7, 11) is -3.48. The fraction of sp³-hybridized carbons (Fsp3) is 0.571. The summed E-state index contributed by atoms with van der Waals surface area (Å²) >= 11 is 0. The minimum atomic E-state index is -3.48. The largest absolute Gasteiger partial charge is 0.378 e. The summed E-state index contributed by atoms with van der Waals surface area (Å²) in [4.78, 5) is 0.278. The summed E-state index contributed by atoms with van der Waals surface area (Å²) in [6.45, 7) is 5.80. The summed E-state index contributed by atoms with van der Waals surface area (Å²) < 4.78 is 27.5. The highest BCUT2D eigenvalue weighted by Gasteiger charge is 2.31. The first-order chi connectivity index (χ1) is 9.22. The minimum absolute atomic E-state index is 0.0921. The molecule has 6 heteroatoms. The van der Waals surface area contributed by atoms with Crippen LogP contribution in [0, 0.1) is 0 Å². The van der Waals surface area contributed by atoms with E-state index < -0.39 is 15.6 Å². The molecule has 0 aromatic heterocycles. The normalized spacial score (nSPS) is 17.8. The molecule has 20 heavy (non-hydrogen) atoms. The van der Waals surface area contributed by atoms with E-state index in [2.05, 4.69) is 10.0 Å². The third-order valence-corrected chi connectivity index (χ3v) is 5.25. The van der Waals surface area contributed by atoms with Gasteiger partial charge in [-0.1, -0.05) is 12.1 Å². The first-order valence-corrected chi connectivity index (χ1v) is 8.36. The van der Waals surface area contributed by atoms with Crippen molar-refractivity contribution in [1.82, 2.24) is 4.72 Å². The SMILES string of the molecule is CC(N)C(C)(C)Nc1ccccc1S(=O)(=O)NC1CC1. The summed E-state index contributed by atoms with van der Waals surface area (Å²) in [6, 6.07) is 6.90.